The van der Waals surface area contributed by atoms with E-state index >= 15 is 0 Å². The van der Waals surface area contributed by atoms with E-state index in [2.05, 4.69) is 17.4 Å². The Labute approximate surface area is 117 Å². The van der Waals surface area contributed by atoms with Crippen LogP contribution < -0.4 is 5.32 Å². The topological polar surface area (TPSA) is 49.3 Å². The molecule has 102 valence electrons. The third kappa shape index (κ3) is 2.79. The number of hydrogen-bond acceptors (Lipinski definition) is 3. The molecule has 1 aliphatic heterocycles. The highest BCUT2D eigenvalue weighted by Crippen LogP contribution is 2.39. The molecule has 2 aliphatic rings. The van der Waals surface area contributed by atoms with Crippen LogP contribution in [0.15, 0.2) is 29.2 Å². The summed E-state index contributed by atoms with van der Waals surface area (Å²) in [6.07, 6.45) is 3.24. The molecule has 0 bridgehead atoms. The Morgan fingerprint density at radius 1 is 1.21 bits per heavy atom. The highest BCUT2D eigenvalue weighted by molar-refractivity contribution is 7.99. The van der Waals surface area contributed by atoms with Crippen molar-refractivity contribution in [2.45, 2.75) is 48.6 Å². The lowest BCUT2D eigenvalue weighted by atomic mass is 9.92. The molecular formula is C15H19NO2S. The first-order chi connectivity index (χ1) is 9.24. The van der Waals surface area contributed by atoms with Crippen molar-refractivity contribution >= 4 is 17.7 Å². The van der Waals surface area contributed by atoms with Gasteiger partial charge in [-0.3, -0.25) is 4.79 Å². The van der Waals surface area contributed by atoms with Gasteiger partial charge in [0.25, 0.3) is 0 Å². The molecule has 4 heteroatoms. The van der Waals surface area contributed by atoms with Gasteiger partial charge in [-0.15, -0.1) is 11.8 Å². The van der Waals surface area contributed by atoms with Crippen molar-refractivity contribution in [3.8, 4) is 0 Å². The van der Waals surface area contributed by atoms with Crippen LogP contribution in [-0.4, -0.2) is 28.9 Å². The number of carbonyl (C=O) groups excluding carboxylic acids is 1. The van der Waals surface area contributed by atoms with Crippen molar-refractivity contribution in [1.29, 1.82) is 0 Å². The lowest BCUT2D eigenvalue weighted by Crippen LogP contribution is -2.41. The van der Waals surface area contributed by atoms with Crippen LogP contribution >= 0.6 is 11.8 Å². The summed E-state index contributed by atoms with van der Waals surface area (Å²) in [5, 5.41) is 12.6. The second-order valence-electron chi connectivity index (χ2n) is 5.42. The Kier molecular flexibility index (Phi) is 3.80. The zero-order chi connectivity index (χ0) is 13.2. The number of rotatable bonds is 2. The number of carbonyl (C=O) groups is 1. The molecule has 1 unspecified atom stereocenters. The number of fused-ring (bicyclic) bond motifs is 1. The molecule has 0 spiro atoms. The van der Waals surface area contributed by atoms with Gasteiger partial charge in [-0.2, -0.15) is 0 Å². The van der Waals surface area contributed by atoms with Gasteiger partial charge in [0.05, 0.1) is 12.0 Å². The molecule has 1 saturated carbocycles. The summed E-state index contributed by atoms with van der Waals surface area (Å²) in [6, 6.07) is 8.42. The number of benzene rings is 1. The van der Waals surface area contributed by atoms with Gasteiger partial charge in [0.1, 0.15) is 0 Å². The van der Waals surface area contributed by atoms with Crippen LogP contribution in [0.4, 0.5) is 0 Å². The number of thioether (sulfide) groups is 1. The Morgan fingerprint density at radius 3 is 2.74 bits per heavy atom. The average Bonchev–Trinajstić information content (AvgIpc) is 2.85. The second-order valence-corrected chi connectivity index (χ2v) is 6.48. The van der Waals surface area contributed by atoms with Gasteiger partial charge in [0.15, 0.2) is 0 Å². The van der Waals surface area contributed by atoms with E-state index < -0.39 is 0 Å². The maximum absolute atomic E-state index is 12.4. The van der Waals surface area contributed by atoms with Crippen LogP contribution in [0.2, 0.25) is 0 Å². The molecule has 0 saturated heterocycles. The summed E-state index contributed by atoms with van der Waals surface area (Å²) in [7, 11) is 0. The highest BCUT2D eigenvalue weighted by atomic mass is 32.2. The Hall–Kier alpha value is -1.00. The van der Waals surface area contributed by atoms with Gasteiger partial charge in [-0.1, -0.05) is 18.2 Å². The fraction of sp³-hybridized carbons (Fsp3) is 0.533. The standard InChI is InChI=1S/C15H19NO2S/c17-11-7-5-10(6-8-11)16-15(18)13-9-19-14-4-2-1-3-12(13)14/h1-4,10-11,13,17H,5-9H2,(H,16,18). The predicted octanol–water partition coefficient (Wildman–Crippen LogP) is 2.30. The lowest BCUT2D eigenvalue weighted by molar-refractivity contribution is -0.123. The van der Waals surface area contributed by atoms with E-state index in [1.54, 1.807) is 11.8 Å². The smallest absolute Gasteiger partial charge is 0.228 e. The van der Waals surface area contributed by atoms with Crippen molar-refractivity contribution in [1.82, 2.24) is 5.32 Å². The molecule has 3 nitrogen and oxygen atoms in total. The van der Waals surface area contributed by atoms with Gasteiger partial charge in [0.2, 0.25) is 5.91 Å². The van der Waals surface area contributed by atoms with Crippen molar-refractivity contribution in [3.05, 3.63) is 29.8 Å². The summed E-state index contributed by atoms with van der Waals surface area (Å²) in [4.78, 5) is 13.6. The van der Waals surface area contributed by atoms with Gasteiger partial charge in [-0.05, 0) is 37.3 Å². The molecule has 1 aromatic carbocycles. The quantitative estimate of drug-likeness (QED) is 0.872. The molecule has 1 aliphatic carbocycles. The maximum atomic E-state index is 12.4. The molecule has 3 rings (SSSR count). The Balaban J connectivity index is 1.63. The second kappa shape index (κ2) is 5.55. The SMILES string of the molecule is O=C(NC1CCC(O)CC1)C1CSc2ccccc21. The minimum absolute atomic E-state index is 0.00644. The zero-order valence-corrected chi connectivity index (χ0v) is 11.7. The Bertz CT molecular complexity index is 469. The number of amides is 1. The molecule has 2 N–H and O–H groups in total. The van der Waals surface area contributed by atoms with Gasteiger partial charge in [0, 0.05) is 16.7 Å². The average molecular weight is 277 g/mol. The van der Waals surface area contributed by atoms with E-state index in [-0.39, 0.29) is 24.0 Å². The van der Waals surface area contributed by atoms with E-state index in [1.807, 2.05) is 12.1 Å². The molecule has 0 radical (unpaired) electrons. The van der Waals surface area contributed by atoms with Crippen LogP contribution in [0.1, 0.15) is 37.2 Å². The van der Waals surface area contributed by atoms with Crippen LogP contribution in [0.3, 0.4) is 0 Å². The van der Waals surface area contributed by atoms with Crippen molar-refractivity contribution in [2.75, 3.05) is 5.75 Å². The van der Waals surface area contributed by atoms with Crippen molar-refractivity contribution < 1.29 is 9.90 Å². The summed E-state index contributed by atoms with van der Waals surface area (Å²) < 4.78 is 0. The molecule has 1 aromatic rings. The predicted molar refractivity (Wildman–Crippen MR) is 76.3 cm³/mol. The summed E-state index contributed by atoms with van der Waals surface area (Å²) in [5.41, 5.74) is 1.17. The van der Waals surface area contributed by atoms with Gasteiger partial charge < -0.3 is 10.4 Å². The first-order valence-electron chi connectivity index (χ1n) is 6.94. The van der Waals surface area contributed by atoms with Gasteiger partial charge >= 0.3 is 0 Å². The van der Waals surface area contributed by atoms with Crippen LogP contribution in [0.5, 0.6) is 0 Å². The van der Waals surface area contributed by atoms with Crippen molar-refractivity contribution in [3.63, 3.8) is 0 Å². The zero-order valence-electron chi connectivity index (χ0n) is 10.8. The molecular weight excluding hydrogens is 258 g/mol. The number of hydrogen-bond donors (Lipinski definition) is 2. The third-order valence-electron chi connectivity index (χ3n) is 4.06. The number of aliphatic hydroxyl groups excluding tert-OH is 1. The minimum atomic E-state index is -0.170. The van der Waals surface area contributed by atoms with Gasteiger partial charge in [-0.25, -0.2) is 0 Å². The first-order valence-corrected chi connectivity index (χ1v) is 7.93. The lowest BCUT2D eigenvalue weighted by Gasteiger charge is -2.27. The fourth-order valence-corrected chi connectivity index (χ4v) is 4.13. The highest BCUT2D eigenvalue weighted by Gasteiger charge is 2.30. The number of aliphatic hydroxyl groups is 1. The van der Waals surface area contributed by atoms with Crippen molar-refractivity contribution in [2.24, 2.45) is 0 Å². The summed E-state index contributed by atoms with van der Waals surface area (Å²) in [5.74, 6) is 0.993. The third-order valence-corrected chi connectivity index (χ3v) is 5.24. The van der Waals surface area contributed by atoms with Crippen LogP contribution in [0, 0.1) is 0 Å². The van der Waals surface area contributed by atoms with E-state index in [1.165, 1.54) is 10.5 Å². The fourth-order valence-electron chi connectivity index (χ4n) is 2.90. The molecule has 0 aromatic heterocycles. The largest absolute Gasteiger partial charge is 0.393 e. The molecule has 1 heterocycles. The minimum Gasteiger partial charge on any atom is -0.393 e. The molecule has 1 atom stereocenters. The van der Waals surface area contributed by atoms with Crippen LogP contribution in [0.25, 0.3) is 0 Å². The number of nitrogens with one attached hydrogen (secondary N) is 1. The van der Waals surface area contributed by atoms with E-state index in [0.717, 1.165) is 31.4 Å². The Morgan fingerprint density at radius 2 is 1.95 bits per heavy atom. The first kappa shape index (κ1) is 13.0. The molecule has 19 heavy (non-hydrogen) atoms. The van der Waals surface area contributed by atoms with E-state index in [0.29, 0.717) is 0 Å². The summed E-state index contributed by atoms with van der Waals surface area (Å²) >= 11 is 1.77. The van der Waals surface area contributed by atoms with E-state index in [4.69, 9.17) is 0 Å². The molecule has 1 amide bonds. The summed E-state index contributed by atoms with van der Waals surface area (Å²) in [6.45, 7) is 0. The van der Waals surface area contributed by atoms with Crippen LogP contribution in [-0.2, 0) is 4.79 Å². The normalized spacial score (nSPS) is 29.8. The maximum Gasteiger partial charge on any atom is 0.228 e. The van der Waals surface area contributed by atoms with E-state index in [9.17, 15) is 9.90 Å². The molecule has 1 fully saturated rings. The monoisotopic (exact) mass is 277 g/mol.